The second-order valence-corrected chi connectivity index (χ2v) is 7.17. The lowest BCUT2D eigenvalue weighted by molar-refractivity contribution is 0.415. The minimum absolute atomic E-state index is 0.340. The molecule has 0 amide bonds. The zero-order valence-electron chi connectivity index (χ0n) is 15.8. The predicted molar refractivity (Wildman–Crippen MR) is 113 cm³/mol. The van der Waals surface area contributed by atoms with Gasteiger partial charge in [0.2, 0.25) is 11.8 Å². The van der Waals surface area contributed by atoms with Crippen molar-refractivity contribution in [2.75, 3.05) is 7.11 Å². The summed E-state index contributed by atoms with van der Waals surface area (Å²) in [5.74, 6) is 2.86. The number of hydrogen-bond donors (Lipinski definition) is 1. The molecule has 29 heavy (non-hydrogen) atoms. The highest BCUT2D eigenvalue weighted by Crippen LogP contribution is 2.31. The van der Waals surface area contributed by atoms with Crippen molar-refractivity contribution in [2.45, 2.75) is 18.7 Å². The Bertz CT molecular complexity index is 1130. The maximum atomic E-state index is 6.05. The number of nitrogens with zero attached hydrogens (tertiary/aromatic N) is 5. The van der Waals surface area contributed by atoms with Gasteiger partial charge in [-0.05, 0) is 49.4 Å². The van der Waals surface area contributed by atoms with E-state index in [9.17, 15) is 0 Å². The van der Waals surface area contributed by atoms with E-state index < -0.39 is 5.25 Å². The van der Waals surface area contributed by atoms with Crippen molar-refractivity contribution in [3.63, 3.8) is 0 Å². The molecule has 2 aromatic carbocycles. The first-order valence-electron chi connectivity index (χ1n) is 8.95. The van der Waals surface area contributed by atoms with Gasteiger partial charge in [0.05, 0.1) is 7.11 Å². The molecule has 0 saturated carbocycles. The van der Waals surface area contributed by atoms with Crippen LogP contribution in [0.3, 0.4) is 0 Å². The van der Waals surface area contributed by atoms with Crippen LogP contribution in [0.1, 0.15) is 23.9 Å². The lowest BCUT2D eigenvalue weighted by Crippen LogP contribution is -2.07. The van der Waals surface area contributed by atoms with Gasteiger partial charge >= 0.3 is 0 Å². The average molecular weight is 428 g/mol. The molecule has 0 bridgehead atoms. The van der Waals surface area contributed by atoms with E-state index in [1.807, 2.05) is 47.9 Å². The van der Waals surface area contributed by atoms with Crippen molar-refractivity contribution in [1.82, 2.24) is 25.0 Å². The van der Waals surface area contributed by atoms with Crippen LogP contribution >= 0.6 is 24.2 Å². The molecule has 4 aromatic rings. The second-order valence-electron chi connectivity index (χ2n) is 6.21. The fourth-order valence-electron chi connectivity index (χ4n) is 2.98. The second kappa shape index (κ2) is 8.26. The molecule has 0 spiro atoms. The molecule has 0 saturated heterocycles. The Hall–Kier alpha value is -2.84. The minimum Gasteiger partial charge on any atom is -0.497 e. The smallest absolute Gasteiger partial charge is 0.247 e. The first-order valence-corrected chi connectivity index (χ1v) is 9.85. The average Bonchev–Trinajstić information content (AvgIpc) is 3.41. The molecule has 0 aliphatic rings. The fraction of sp³-hybridized carbons (Fsp3) is 0.200. The molecule has 0 fully saturated rings. The third-order valence-corrected chi connectivity index (χ3v) is 5.12. The van der Waals surface area contributed by atoms with Crippen molar-refractivity contribution in [3.05, 3.63) is 65.3 Å². The molecule has 2 heterocycles. The molecular weight excluding hydrogens is 410 g/mol. The molecule has 2 aromatic heterocycles. The number of hydrogen-bond acceptors (Lipinski definition) is 7. The van der Waals surface area contributed by atoms with Gasteiger partial charge < -0.3 is 13.7 Å². The van der Waals surface area contributed by atoms with Crippen LogP contribution in [-0.4, -0.2) is 32.1 Å². The predicted octanol–water partition coefficient (Wildman–Crippen LogP) is 4.70. The van der Waals surface area contributed by atoms with E-state index in [2.05, 4.69) is 33.0 Å². The molecule has 9 heteroatoms. The van der Waals surface area contributed by atoms with Crippen LogP contribution in [0, 0.1) is 0 Å². The largest absolute Gasteiger partial charge is 0.497 e. The number of rotatable bonds is 6. The normalized spacial score (nSPS) is 12.1. The van der Waals surface area contributed by atoms with Gasteiger partial charge in [0.15, 0.2) is 11.6 Å². The Labute approximate surface area is 178 Å². The molecule has 0 aliphatic carbocycles. The maximum Gasteiger partial charge on any atom is 0.247 e. The zero-order chi connectivity index (χ0) is 20.4. The van der Waals surface area contributed by atoms with Gasteiger partial charge in [0, 0.05) is 22.7 Å². The lowest BCUT2D eigenvalue weighted by atomic mass is 10.2. The number of aromatic nitrogens is 5. The molecular formula is C20H18ClN5O2S. The zero-order valence-corrected chi connectivity index (χ0v) is 17.4. The first kappa shape index (κ1) is 19.5. The van der Waals surface area contributed by atoms with Crippen LogP contribution in [-0.2, 0) is 6.54 Å². The van der Waals surface area contributed by atoms with Gasteiger partial charge in [-0.3, -0.25) is 0 Å². The van der Waals surface area contributed by atoms with Crippen LogP contribution in [0.15, 0.2) is 52.9 Å². The Morgan fingerprint density at radius 2 is 1.86 bits per heavy atom. The molecule has 4 rings (SSSR count). The topological polar surface area (TPSA) is 78.9 Å². The van der Waals surface area contributed by atoms with Gasteiger partial charge in [0.1, 0.15) is 11.0 Å². The Kier molecular flexibility index (Phi) is 5.55. The number of thiol groups is 1. The van der Waals surface area contributed by atoms with Gasteiger partial charge in [-0.2, -0.15) is 12.6 Å². The minimum atomic E-state index is -0.519. The summed E-state index contributed by atoms with van der Waals surface area (Å²) in [6, 6.07) is 14.9. The SMILES string of the molecule is CCn1c(-c2ccc(OC)cc2)nnc1C(S)c1nnc(-c2cccc(Cl)c2)o1. The van der Waals surface area contributed by atoms with E-state index in [0.29, 0.717) is 29.2 Å². The van der Waals surface area contributed by atoms with Crippen LogP contribution < -0.4 is 4.74 Å². The summed E-state index contributed by atoms with van der Waals surface area (Å²) in [5.41, 5.74) is 1.67. The van der Waals surface area contributed by atoms with E-state index in [-0.39, 0.29) is 0 Å². The van der Waals surface area contributed by atoms with Crippen molar-refractivity contribution in [3.8, 4) is 28.6 Å². The highest BCUT2D eigenvalue weighted by Gasteiger charge is 2.25. The van der Waals surface area contributed by atoms with Crippen LogP contribution in [0.2, 0.25) is 5.02 Å². The summed E-state index contributed by atoms with van der Waals surface area (Å²) < 4.78 is 13.0. The lowest BCUT2D eigenvalue weighted by Gasteiger charge is -2.10. The van der Waals surface area contributed by atoms with Crippen LogP contribution in [0.25, 0.3) is 22.8 Å². The third-order valence-electron chi connectivity index (χ3n) is 4.43. The first-order chi connectivity index (χ1) is 14.1. The number of ether oxygens (including phenoxy) is 1. The highest BCUT2D eigenvalue weighted by molar-refractivity contribution is 7.80. The summed E-state index contributed by atoms with van der Waals surface area (Å²) in [4.78, 5) is 0. The number of methoxy groups -OCH3 is 1. The van der Waals surface area contributed by atoms with Gasteiger partial charge in [0.25, 0.3) is 0 Å². The van der Waals surface area contributed by atoms with Crippen LogP contribution in [0.4, 0.5) is 0 Å². The summed E-state index contributed by atoms with van der Waals surface area (Å²) in [6.45, 7) is 2.68. The summed E-state index contributed by atoms with van der Waals surface area (Å²) in [6.07, 6.45) is 0. The Morgan fingerprint density at radius 3 is 2.55 bits per heavy atom. The van der Waals surface area contributed by atoms with E-state index in [0.717, 1.165) is 22.7 Å². The molecule has 1 unspecified atom stereocenters. The quantitative estimate of drug-likeness (QED) is 0.449. The van der Waals surface area contributed by atoms with Crippen LogP contribution in [0.5, 0.6) is 5.75 Å². The molecule has 0 radical (unpaired) electrons. The van der Waals surface area contributed by atoms with Crippen molar-refractivity contribution in [1.29, 1.82) is 0 Å². The van der Waals surface area contributed by atoms with E-state index in [1.165, 1.54) is 0 Å². The Balaban J connectivity index is 1.65. The maximum absolute atomic E-state index is 6.05. The van der Waals surface area contributed by atoms with Crippen molar-refractivity contribution < 1.29 is 9.15 Å². The third kappa shape index (κ3) is 3.86. The molecule has 7 nitrogen and oxygen atoms in total. The summed E-state index contributed by atoms with van der Waals surface area (Å²) in [5, 5.41) is 17.0. The van der Waals surface area contributed by atoms with E-state index in [4.69, 9.17) is 20.8 Å². The van der Waals surface area contributed by atoms with E-state index >= 15 is 0 Å². The van der Waals surface area contributed by atoms with Crippen molar-refractivity contribution in [2.24, 2.45) is 0 Å². The van der Waals surface area contributed by atoms with Crippen molar-refractivity contribution >= 4 is 24.2 Å². The Morgan fingerprint density at radius 1 is 1.07 bits per heavy atom. The monoisotopic (exact) mass is 427 g/mol. The summed E-state index contributed by atoms with van der Waals surface area (Å²) in [7, 11) is 1.63. The van der Waals surface area contributed by atoms with Gasteiger partial charge in [-0.1, -0.05) is 17.7 Å². The highest BCUT2D eigenvalue weighted by atomic mass is 35.5. The molecule has 0 N–H and O–H groups in total. The van der Waals surface area contributed by atoms with Gasteiger partial charge in [-0.25, -0.2) is 0 Å². The standard InChI is InChI=1S/C20H18ClN5O2S/c1-3-26-17(12-7-9-15(27-2)10-8-12)22-23-18(26)16(29)20-25-24-19(28-20)13-5-4-6-14(21)11-13/h4-11,16,29H,3H2,1-2H3. The molecule has 0 aliphatic heterocycles. The van der Waals surface area contributed by atoms with Gasteiger partial charge in [-0.15, -0.1) is 20.4 Å². The summed E-state index contributed by atoms with van der Waals surface area (Å²) >= 11 is 10.7. The number of benzene rings is 2. The molecule has 1 atom stereocenters. The number of halogens is 1. The fourth-order valence-corrected chi connectivity index (χ4v) is 3.46. The van der Waals surface area contributed by atoms with E-state index in [1.54, 1.807) is 19.2 Å². The molecule has 148 valence electrons.